The molecule has 1 aromatic carbocycles. The number of ether oxygens (including phenoxy) is 3. The van der Waals surface area contributed by atoms with Crippen molar-refractivity contribution < 1.29 is 32.2 Å². The number of esters is 1. The van der Waals surface area contributed by atoms with Crippen LogP contribution in [0.1, 0.15) is 29.6 Å². The van der Waals surface area contributed by atoms with E-state index in [0.29, 0.717) is 13.1 Å². The van der Waals surface area contributed by atoms with Gasteiger partial charge in [0.25, 0.3) is 5.91 Å². The number of likely N-dealkylation sites (tertiary alicyclic amines) is 1. The zero-order valence-corrected chi connectivity index (χ0v) is 16.9. The van der Waals surface area contributed by atoms with E-state index < -0.39 is 16.0 Å². The van der Waals surface area contributed by atoms with Crippen molar-refractivity contribution in [3.8, 4) is 5.75 Å². The molecule has 0 aromatic heterocycles. The Morgan fingerprint density at radius 1 is 1.14 bits per heavy atom. The van der Waals surface area contributed by atoms with Crippen molar-refractivity contribution in [2.24, 2.45) is 0 Å². The second-order valence-corrected chi connectivity index (χ2v) is 8.01. The number of nitrogens with one attached hydrogen (secondary N) is 1. The number of piperidine rings is 1. The quantitative estimate of drug-likeness (QED) is 0.470. The fourth-order valence-corrected chi connectivity index (χ4v) is 4.02. The molecule has 1 aliphatic heterocycles. The van der Waals surface area contributed by atoms with E-state index >= 15 is 0 Å². The fourth-order valence-electron chi connectivity index (χ4n) is 2.81. The normalized spacial score (nSPS) is 14.6. The summed E-state index contributed by atoms with van der Waals surface area (Å²) in [4.78, 5) is 25.9. The largest absolute Gasteiger partial charge is 0.495 e. The smallest absolute Gasteiger partial charge is 0.338 e. The van der Waals surface area contributed by atoms with Crippen LogP contribution in [0, 0.1) is 0 Å². The van der Waals surface area contributed by atoms with Gasteiger partial charge in [0.1, 0.15) is 10.6 Å². The SMILES string of the molecule is COCCNS(=O)(=O)c1cc(C(=O)OCC(=O)N2CCCCC2)ccc1OC. The standard InChI is InChI=1S/C18H26N2O7S/c1-25-11-8-19-28(23,24)16-12-14(6-7-15(16)26-2)18(22)27-13-17(21)20-9-4-3-5-10-20/h6-7,12,19H,3-5,8-11,13H2,1-2H3. The summed E-state index contributed by atoms with van der Waals surface area (Å²) in [5.41, 5.74) is 0.0133. The first kappa shape index (κ1) is 22.1. The second-order valence-electron chi connectivity index (χ2n) is 6.27. The lowest BCUT2D eigenvalue weighted by Crippen LogP contribution is -2.38. The number of carbonyl (C=O) groups is 2. The van der Waals surface area contributed by atoms with Crippen LogP contribution < -0.4 is 9.46 Å². The third-order valence-corrected chi connectivity index (χ3v) is 5.80. The molecule has 156 valence electrons. The van der Waals surface area contributed by atoms with Crippen molar-refractivity contribution in [2.75, 3.05) is 47.1 Å². The van der Waals surface area contributed by atoms with Crippen molar-refractivity contribution in [3.63, 3.8) is 0 Å². The van der Waals surface area contributed by atoms with Gasteiger partial charge in [0.15, 0.2) is 6.61 Å². The van der Waals surface area contributed by atoms with Gasteiger partial charge in [-0.3, -0.25) is 4.79 Å². The Bertz CT molecular complexity index is 789. The summed E-state index contributed by atoms with van der Waals surface area (Å²) < 4.78 is 42.3. The third-order valence-electron chi connectivity index (χ3n) is 4.32. The molecule has 0 spiro atoms. The van der Waals surface area contributed by atoms with Gasteiger partial charge >= 0.3 is 5.97 Å². The molecule has 0 aliphatic carbocycles. The average molecular weight is 414 g/mol. The number of amides is 1. The van der Waals surface area contributed by atoms with Crippen LogP contribution in [-0.2, 0) is 24.3 Å². The first-order valence-electron chi connectivity index (χ1n) is 9.00. The van der Waals surface area contributed by atoms with Gasteiger partial charge in [-0.25, -0.2) is 17.9 Å². The molecule has 1 heterocycles. The maximum absolute atomic E-state index is 12.5. The van der Waals surface area contributed by atoms with E-state index in [0.717, 1.165) is 19.3 Å². The van der Waals surface area contributed by atoms with Gasteiger partial charge in [-0.2, -0.15) is 0 Å². The van der Waals surface area contributed by atoms with Crippen LogP contribution in [-0.4, -0.2) is 72.3 Å². The predicted octanol–water partition coefficient (Wildman–Crippen LogP) is 0.789. The molecular weight excluding hydrogens is 388 g/mol. The number of hydrogen-bond acceptors (Lipinski definition) is 7. The van der Waals surface area contributed by atoms with E-state index in [9.17, 15) is 18.0 Å². The van der Waals surface area contributed by atoms with E-state index in [1.807, 2.05) is 0 Å². The minimum Gasteiger partial charge on any atom is -0.495 e. The van der Waals surface area contributed by atoms with Crippen molar-refractivity contribution in [3.05, 3.63) is 23.8 Å². The maximum Gasteiger partial charge on any atom is 0.338 e. The predicted molar refractivity (Wildman–Crippen MR) is 101 cm³/mol. The molecule has 1 aliphatic rings. The third kappa shape index (κ3) is 5.91. The number of methoxy groups -OCH3 is 2. The Morgan fingerprint density at radius 3 is 2.50 bits per heavy atom. The molecule has 1 N–H and O–H groups in total. The summed E-state index contributed by atoms with van der Waals surface area (Å²) in [5.74, 6) is -0.942. The average Bonchev–Trinajstić information content (AvgIpc) is 2.72. The highest BCUT2D eigenvalue weighted by Crippen LogP contribution is 2.25. The Kier molecular flexibility index (Phi) is 8.21. The van der Waals surface area contributed by atoms with E-state index in [1.165, 1.54) is 32.4 Å². The molecule has 0 radical (unpaired) electrons. The van der Waals surface area contributed by atoms with Crippen molar-refractivity contribution in [2.45, 2.75) is 24.2 Å². The molecule has 0 atom stereocenters. The molecule has 10 heteroatoms. The van der Waals surface area contributed by atoms with E-state index in [1.54, 1.807) is 4.90 Å². The van der Waals surface area contributed by atoms with Crippen LogP contribution >= 0.6 is 0 Å². The number of sulfonamides is 1. The Morgan fingerprint density at radius 2 is 1.86 bits per heavy atom. The lowest BCUT2D eigenvalue weighted by Gasteiger charge is -2.26. The summed E-state index contributed by atoms with van der Waals surface area (Å²) in [6.07, 6.45) is 2.97. The van der Waals surface area contributed by atoms with Gasteiger partial charge < -0.3 is 19.1 Å². The summed E-state index contributed by atoms with van der Waals surface area (Å²) >= 11 is 0. The zero-order valence-electron chi connectivity index (χ0n) is 16.1. The van der Waals surface area contributed by atoms with Crippen LogP contribution in [0.25, 0.3) is 0 Å². The second kappa shape index (κ2) is 10.4. The monoisotopic (exact) mass is 414 g/mol. The first-order chi connectivity index (χ1) is 13.4. The topological polar surface area (TPSA) is 111 Å². The molecule has 1 saturated heterocycles. The van der Waals surface area contributed by atoms with Gasteiger partial charge in [-0.15, -0.1) is 0 Å². The number of hydrogen-bond donors (Lipinski definition) is 1. The van der Waals surface area contributed by atoms with Crippen LogP contribution in [0.2, 0.25) is 0 Å². The Hall–Kier alpha value is -2.17. The minimum atomic E-state index is -3.92. The van der Waals surface area contributed by atoms with Crippen LogP contribution in [0.4, 0.5) is 0 Å². The lowest BCUT2D eigenvalue weighted by atomic mass is 10.1. The molecule has 0 saturated carbocycles. The van der Waals surface area contributed by atoms with E-state index in [2.05, 4.69) is 4.72 Å². The van der Waals surface area contributed by atoms with Gasteiger partial charge in [-0.05, 0) is 37.5 Å². The highest BCUT2D eigenvalue weighted by atomic mass is 32.2. The number of benzene rings is 1. The summed E-state index contributed by atoms with van der Waals surface area (Å²) in [6, 6.07) is 3.93. The highest BCUT2D eigenvalue weighted by molar-refractivity contribution is 7.89. The van der Waals surface area contributed by atoms with Gasteiger partial charge in [0.05, 0.1) is 19.3 Å². The summed E-state index contributed by atoms with van der Waals surface area (Å²) in [5, 5.41) is 0. The molecule has 0 unspecified atom stereocenters. The summed E-state index contributed by atoms with van der Waals surface area (Å²) in [7, 11) is -1.13. The Labute approximate surface area is 165 Å². The molecule has 1 amide bonds. The van der Waals surface area contributed by atoms with Gasteiger partial charge in [0.2, 0.25) is 10.0 Å². The minimum absolute atomic E-state index is 0.0133. The molecule has 1 fully saturated rings. The van der Waals surface area contributed by atoms with Crippen LogP contribution in [0.15, 0.2) is 23.1 Å². The van der Waals surface area contributed by atoms with Crippen molar-refractivity contribution in [1.29, 1.82) is 0 Å². The van der Waals surface area contributed by atoms with Gasteiger partial charge in [-0.1, -0.05) is 0 Å². The number of nitrogens with zero attached hydrogens (tertiary/aromatic N) is 1. The molecular formula is C18H26N2O7S. The molecule has 1 aromatic rings. The van der Waals surface area contributed by atoms with Crippen LogP contribution in [0.3, 0.4) is 0 Å². The summed E-state index contributed by atoms with van der Waals surface area (Å²) in [6.45, 7) is 1.21. The zero-order chi connectivity index (χ0) is 20.6. The molecule has 9 nitrogen and oxygen atoms in total. The number of carbonyl (C=O) groups excluding carboxylic acids is 2. The Balaban J connectivity index is 2.08. The molecule has 2 rings (SSSR count). The highest BCUT2D eigenvalue weighted by Gasteiger charge is 2.23. The number of rotatable bonds is 9. The lowest BCUT2D eigenvalue weighted by molar-refractivity contribution is -0.135. The van der Waals surface area contributed by atoms with E-state index in [4.69, 9.17) is 14.2 Å². The fraction of sp³-hybridized carbons (Fsp3) is 0.556. The molecule has 0 bridgehead atoms. The van der Waals surface area contributed by atoms with Crippen LogP contribution in [0.5, 0.6) is 5.75 Å². The van der Waals surface area contributed by atoms with Crippen molar-refractivity contribution >= 4 is 21.9 Å². The van der Waals surface area contributed by atoms with Gasteiger partial charge in [0, 0.05) is 26.7 Å². The van der Waals surface area contributed by atoms with Crippen molar-refractivity contribution in [1.82, 2.24) is 9.62 Å². The van der Waals surface area contributed by atoms with E-state index in [-0.39, 0.29) is 41.9 Å². The molecule has 28 heavy (non-hydrogen) atoms. The maximum atomic E-state index is 12.5. The first-order valence-corrected chi connectivity index (χ1v) is 10.5.